The normalized spacial score (nSPS) is 12.8. The quantitative estimate of drug-likeness (QED) is 0.817. The van der Waals surface area contributed by atoms with Crippen LogP contribution in [0.3, 0.4) is 0 Å². The molecule has 2 aromatic carbocycles. The Morgan fingerprint density at radius 3 is 2.78 bits per heavy atom. The molecule has 1 amide bonds. The molecule has 1 aliphatic carbocycles. The molecule has 0 radical (unpaired) electrons. The lowest BCUT2D eigenvalue weighted by molar-refractivity contribution is 0.0947. The average Bonchev–Trinajstić information content (AvgIpc) is 3.01. The smallest absolute Gasteiger partial charge is 0.252 e. The molecule has 23 heavy (non-hydrogen) atoms. The largest absolute Gasteiger partial charge is 0.492 e. The maximum atomic E-state index is 12.1. The van der Waals surface area contributed by atoms with Gasteiger partial charge in [0.1, 0.15) is 12.4 Å². The third-order valence-electron chi connectivity index (χ3n) is 3.90. The number of carbonyl (C=O) groups excluding carboxylic acids is 1. The molecule has 0 spiro atoms. The molecule has 1 N–H and O–H groups in total. The van der Waals surface area contributed by atoms with E-state index in [4.69, 9.17) is 27.9 Å². The zero-order chi connectivity index (χ0) is 16.2. The van der Waals surface area contributed by atoms with Crippen LogP contribution in [0.15, 0.2) is 36.4 Å². The summed E-state index contributed by atoms with van der Waals surface area (Å²) in [6.45, 7) is 0.807. The number of aryl methyl sites for hydroxylation is 2. The van der Waals surface area contributed by atoms with Crippen LogP contribution in [0.5, 0.6) is 5.75 Å². The summed E-state index contributed by atoms with van der Waals surface area (Å²) in [5, 5.41) is 3.64. The SMILES string of the molecule is O=C(NCCOc1ccc2c(c1)CCC2)c1cc(Cl)ccc1Cl. The minimum absolute atomic E-state index is 0.255. The van der Waals surface area contributed by atoms with Gasteiger partial charge in [-0.05, 0) is 60.7 Å². The lowest BCUT2D eigenvalue weighted by atomic mass is 10.1. The van der Waals surface area contributed by atoms with Gasteiger partial charge in [-0.15, -0.1) is 0 Å². The third kappa shape index (κ3) is 3.98. The van der Waals surface area contributed by atoms with E-state index in [9.17, 15) is 4.79 Å². The highest BCUT2D eigenvalue weighted by Crippen LogP contribution is 2.26. The lowest BCUT2D eigenvalue weighted by Gasteiger charge is -2.10. The molecule has 1 aliphatic rings. The molecule has 0 bridgehead atoms. The molecule has 0 saturated heterocycles. The van der Waals surface area contributed by atoms with E-state index in [1.807, 2.05) is 6.07 Å². The number of hydrogen-bond acceptors (Lipinski definition) is 2. The first-order valence-electron chi connectivity index (χ1n) is 7.61. The van der Waals surface area contributed by atoms with Crippen LogP contribution in [0.4, 0.5) is 0 Å². The maximum Gasteiger partial charge on any atom is 0.252 e. The first-order chi connectivity index (χ1) is 11.1. The van der Waals surface area contributed by atoms with Gasteiger partial charge in [0.05, 0.1) is 17.1 Å². The topological polar surface area (TPSA) is 38.3 Å². The van der Waals surface area contributed by atoms with Crippen molar-refractivity contribution in [3.8, 4) is 5.75 Å². The second-order valence-corrected chi connectivity index (χ2v) is 6.36. The van der Waals surface area contributed by atoms with Crippen molar-refractivity contribution in [2.24, 2.45) is 0 Å². The van der Waals surface area contributed by atoms with Crippen LogP contribution >= 0.6 is 23.2 Å². The predicted octanol–water partition coefficient (Wildman–Crippen LogP) is 4.29. The Bertz CT molecular complexity index is 731. The number of rotatable bonds is 5. The molecule has 2 aromatic rings. The highest BCUT2D eigenvalue weighted by atomic mass is 35.5. The zero-order valence-corrected chi connectivity index (χ0v) is 14.1. The molecule has 120 valence electrons. The molecule has 5 heteroatoms. The third-order valence-corrected chi connectivity index (χ3v) is 4.46. The molecular weight excluding hydrogens is 333 g/mol. The fourth-order valence-electron chi connectivity index (χ4n) is 2.74. The Balaban J connectivity index is 1.50. The highest BCUT2D eigenvalue weighted by Gasteiger charge is 2.12. The number of fused-ring (bicyclic) bond motifs is 1. The van der Waals surface area contributed by atoms with Crippen LogP contribution in [0.1, 0.15) is 27.9 Å². The molecular formula is C18H17Cl2NO2. The molecule has 3 rings (SSSR count). The molecule has 3 nitrogen and oxygen atoms in total. The van der Waals surface area contributed by atoms with Crippen molar-refractivity contribution in [2.45, 2.75) is 19.3 Å². The fourth-order valence-corrected chi connectivity index (χ4v) is 3.11. The van der Waals surface area contributed by atoms with Crippen molar-refractivity contribution in [1.29, 1.82) is 0 Å². The number of nitrogens with one attached hydrogen (secondary N) is 1. The van der Waals surface area contributed by atoms with Gasteiger partial charge in [-0.3, -0.25) is 4.79 Å². The van der Waals surface area contributed by atoms with E-state index in [0.717, 1.165) is 18.6 Å². The van der Waals surface area contributed by atoms with E-state index in [1.54, 1.807) is 18.2 Å². The molecule has 0 atom stereocenters. The van der Waals surface area contributed by atoms with E-state index in [-0.39, 0.29) is 5.91 Å². The molecule has 0 unspecified atom stereocenters. The Morgan fingerprint density at radius 2 is 1.91 bits per heavy atom. The number of amides is 1. The van der Waals surface area contributed by atoms with Crippen molar-refractivity contribution in [3.05, 3.63) is 63.1 Å². The minimum Gasteiger partial charge on any atom is -0.492 e. The number of hydrogen-bond donors (Lipinski definition) is 1. The van der Waals surface area contributed by atoms with Crippen molar-refractivity contribution < 1.29 is 9.53 Å². The molecule has 0 aliphatic heterocycles. The van der Waals surface area contributed by atoms with Gasteiger partial charge in [0, 0.05) is 5.02 Å². The molecule has 0 saturated carbocycles. The summed E-state index contributed by atoms with van der Waals surface area (Å²) in [5.41, 5.74) is 3.16. The van der Waals surface area contributed by atoms with Gasteiger partial charge >= 0.3 is 0 Å². The summed E-state index contributed by atoms with van der Waals surface area (Å²) >= 11 is 11.9. The summed E-state index contributed by atoms with van der Waals surface area (Å²) < 4.78 is 5.70. The highest BCUT2D eigenvalue weighted by molar-refractivity contribution is 6.35. The number of halogens is 2. The summed E-state index contributed by atoms with van der Waals surface area (Å²) in [5.74, 6) is 0.593. The Hall–Kier alpha value is -1.71. The summed E-state index contributed by atoms with van der Waals surface area (Å²) in [6.07, 6.45) is 3.50. The molecule has 0 fully saturated rings. The minimum atomic E-state index is -0.255. The van der Waals surface area contributed by atoms with E-state index < -0.39 is 0 Å². The summed E-state index contributed by atoms with van der Waals surface area (Å²) in [6, 6.07) is 11.0. The van der Waals surface area contributed by atoms with E-state index in [0.29, 0.717) is 28.8 Å². The second kappa shape index (κ2) is 7.24. The van der Waals surface area contributed by atoms with Crippen molar-refractivity contribution in [3.63, 3.8) is 0 Å². The maximum absolute atomic E-state index is 12.1. The first kappa shape index (κ1) is 16.2. The standard InChI is InChI=1S/C18H17Cl2NO2/c19-14-5-7-17(20)16(11-14)18(22)21-8-9-23-15-6-4-12-2-1-3-13(12)10-15/h4-7,10-11H,1-3,8-9H2,(H,21,22). The summed E-state index contributed by atoms with van der Waals surface area (Å²) in [4.78, 5) is 12.1. The fraction of sp³-hybridized carbons (Fsp3) is 0.278. The monoisotopic (exact) mass is 349 g/mol. The number of ether oxygens (including phenoxy) is 1. The summed E-state index contributed by atoms with van der Waals surface area (Å²) in [7, 11) is 0. The van der Waals surface area contributed by atoms with Crippen LogP contribution in [0.25, 0.3) is 0 Å². The van der Waals surface area contributed by atoms with Crippen LogP contribution in [0.2, 0.25) is 10.0 Å². The van der Waals surface area contributed by atoms with Gasteiger partial charge in [0.2, 0.25) is 0 Å². The van der Waals surface area contributed by atoms with E-state index in [1.165, 1.54) is 17.5 Å². The molecule has 0 aromatic heterocycles. The van der Waals surface area contributed by atoms with Crippen LogP contribution in [-0.2, 0) is 12.8 Å². The predicted molar refractivity (Wildman–Crippen MR) is 92.8 cm³/mol. The second-order valence-electron chi connectivity index (χ2n) is 5.51. The Morgan fingerprint density at radius 1 is 1.09 bits per heavy atom. The number of benzene rings is 2. The van der Waals surface area contributed by atoms with Crippen molar-refractivity contribution in [1.82, 2.24) is 5.32 Å². The van der Waals surface area contributed by atoms with E-state index >= 15 is 0 Å². The van der Waals surface area contributed by atoms with Crippen molar-refractivity contribution >= 4 is 29.1 Å². The zero-order valence-electron chi connectivity index (χ0n) is 12.6. The van der Waals surface area contributed by atoms with Gasteiger partial charge in [-0.1, -0.05) is 29.3 Å². The first-order valence-corrected chi connectivity index (χ1v) is 8.37. The van der Waals surface area contributed by atoms with Crippen LogP contribution in [-0.4, -0.2) is 19.1 Å². The Kier molecular flexibility index (Phi) is 5.09. The van der Waals surface area contributed by atoms with E-state index in [2.05, 4.69) is 17.4 Å². The van der Waals surface area contributed by atoms with Gasteiger partial charge in [0.15, 0.2) is 0 Å². The van der Waals surface area contributed by atoms with Crippen molar-refractivity contribution in [2.75, 3.05) is 13.2 Å². The number of carbonyl (C=O) groups is 1. The van der Waals surface area contributed by atoms with Gasteiger partial charge in [-0.25, -0.2) is 0 Å². The average molecular weight is 350 g/mol. The lowest BCUT2D eigenvalue weighted by Crippen LogP contribution is -2.28. The Labute approximate surface area is 145 Å². The van der Waals surface area contributed by atoms with Gasteiger partial charge in [-0.2, -0.15) is 0 Å². The van der Waals surface area contributed by atoms with Crippen LogP contribution < -0.4 is 10.1 Å². The molecule has 0 heterocycles. The van der Waals surface area contributed by atoms with Gasteiger partial charge in [0.25, 0.3) is 5.91 Å². The van der Waals surface area contributed by atoms with Gasteiger partial charge < -0.3 is 10.1 Å². The van der Waals surface area contributed by atoms with Crippen LogP contribution in [0, 0.1) is 0 Å².